The Morgan fingerprint density at radius 3 is 2.50 bits per heavy atom. The lowest BCUT2D eigenvalue weighted by Crippen LogP contribution is -2.27. The molecule has 140 valence electrons. The van der Waals surface area contributed by atoms with E-state index in [9.17, 15) is 24.5 Å². The van der Waals surface area contributed by atoms with Gasteiger partial charge in [0, 0.05) is 23.2 Å². The maximum Gasteiger partial charge on any atom is 0.337 e. The van der Waals surface area contributed by atoms with E-state index in [-0.39, 0.29) is 37.7 Å². The van der Waals surface area contributed by atoms with Crippen molar-refractivity contribution in [2.24, 2.45) is 17.8 Å². The monoisotopic (exact) mass is 363 g/mol. The number of carbonyl (C=O) groups excluding carboxylic acids is 3. The highest BCUT2D eigenvalue weighted by Crippen LogP contribution is 2.36. The minimum absolute atomic E-state index is 0.00332. The molecule has 26 heavy (non-hydrogen) atoms. The molecule has 1 aromatic rings. The van der Waals surface area contributed by atoms with Crippen molar-refractivity contribution in [3.05, 3.63) is 45.5 Å². The predicted octanol–water partition coefficient (Wildman–Crippen LogP) is 2.02. The quantitative estimate of drug-likeness (QED) is 0.414. The summed E-state index contributed by atoms with van der Waals surface area (Å²) in [6, 6.07) is 6.39. The van der Waals surface area contributed by atoms with Crippen molar-refractivity contribution < 1.29 is 28.8 Å². The lowest BCUT2D eigenvalue weighted by Gasteiger charge is -2.17. The molecule has 0 heterocycles. The van der Waals surface area contributed by atoms with Gasteiger partial charge in [-0.3, -0.25) is 19.7 Å². The fraction of sp³-hybridized carbons (Fsp3) is 0.500. The van der Waals surface area contributed by atoms with Gasteiger partial charge < -0.3 is 9.47 Å². The Morgan fingerprint density at radius 1 is 1.27 bits per heavy atom. The maximum absolute atomic E-state index is 12.1. The Balaban J connectivity index is 1.90. The van der Waals surface area contributed by atoms with Crippen LogP contribution in [0.3, 0.4) is 0 Å². The molecule has 8 nitrogen and oxygen atoms in total. The molecular formula is C18H21NO7. The number of rotatable bonds is 7. The Kier molecular flexibility index (Phi) is 6.43. The van der Waals surface area contributed by atoms with Crippen molar-refractivity contribution in [3.8, 4) is 0 Å². The highest BCUT2D eigenvalue weighted by molar-refractivity contribution is 5.89. The molecule has 1 fully saturated rings. The summed E-state index contributed by atoms with van der Waals surface area (Å²) in [5, 5.41) is 10.8. The van der Waals surface area contributed by atoms with E-state index in [1.807, 2.05) is 0 Å². The summed E-state index contributed by atoms with van der Waals surface area (Å²) in [7, 11) is 1.29. The van der Waals surface area contributed by atoms with Gasteiger partial charge in [-0.2, -0.15) is 0 Å². The number of ketones is 1. The van der Waals surface area contributed by atoms with E-state index in [1.54, 1.807) is 31.2 Å². The van der Waals surface area contributed by atoms with Gasteiger partial charge in [-0.25, -0.2) is 4.79 Å². The zero-order chi connectivity index (χ0) is 19.3. The number of hydrogen-bond donors (Lipinski definition) is 0. The average Bonchev–Trinajstić information content (AvgIpc) is 2.86. The molecule has 0 N–H and O–H groups in total. The number of carbonyl (C=O) groups is 3. The Morgan fingerprint density at radius 2 is 1.92 bits per heavy atom. The summed E-state index contributed by atoms with van der Waals surface area (Å²) in [5.41, 5.74) is 1.06. The minimum Gasteiger partial charge on any atom is -0.465 e. The molecule has 0 unspecified atom stereocenters. The van der Waals surface area contributed by atoms with Crippen molar-refractivity contribution in [1.29, 1.82) is 0 Å². The predicted molar refractivity (Wildman–Crippen MR) is 89.8 cm³/mol. The summed E-state index contributed by atoms with van der Waals surface area (Å²) in [4.78, 5) is 45.8. The first-order valence-corrected chi connectivity index (χ1v) is 8.29. The zero-order valence-electron chi connectivity index (χ0n) is 14.7. The molecular weight excluding hydrogens is 342 g/mol. The number of methoxy groups -OCH3 is 1. The third kappa shape index (κ3) is 4.87. The van der Waals surface area contributed by atoms with Gasteiger partial charge in [0.15, 0.2) is 0 Å². The molecule has 3 atom stereocenters. The van der Waals surface area contributed by atoms with Crippen LogP contribution in [-0.4, -0.2) is 36.3 Å². The lowest BCUT2D eigenvalue weighted by atomic mass is 9.88. The van der Waals surface area contributed by atoms with Crippen LogP contribution in [0.15, 0.2) is 24.3 Å². The van der Waals surface area contributed by atoms with E-state index in [1.165, 1.54) is 7.11 Å². The molecule has 1 aliphatic carbocycles. The fourth-order valence-electron chi connectivity index (χ4n) is 3.26. The molecule has 2 rings (SSSR count). The highest BCUT2D eigenvalue weighted by Gasteiger charge is 2.44. The molecule has 0 aliphatic heterocycles. The van der Waals surface area contributed by atoms with Gasteiger partial charge in [-0.1, -0.05) is 19.1 Å². The number of benzene rings is 1. The van der Waals surface area contributed by atoms with Gasteiger partial charge in [0.05, 0.1) is 19.1 Å². The Hall–Kier alpha value is -2.77. The molecule has 1 saturated carbocycles. The lowest BCUT2D eigenvalue weighted by molar-refractivity contribution is -0.490. The zero-order valence-corrected chi connectivity index (χ0v) is 14.7. The van der Waals surface area contributed by atoms with Gasteiger partial charge in [-0.05, 0) is 23.6 Å². The number of esters is 2. The van der Waals surface area contributed by atoms with Crippen molar-refractivity contribution in [1.82, 2.24) is 0 Å². The molecule has 8 heteroatoms. The van der Waals surface area contributed by atoms with E-state index in [4.69, 9.17) is 4.74 Å². The number of nitro groups is 1. The third-order valence-electron chi connectivity index (χ3n) is 4.71. The van der Waals surface area contributed by atoms with Crippen LogP contribution in [0.25, 0.3) is 0 Å². The maximum atomic E-state index is 12.1. The van der Waals surface area contributed by atoms with Gasteiger partial charge >= 0.3 is 11.9 Å². The molecule has 0 amide bonds. The number of Topliss-reactive ketones (excluding diaryl/α,β-unsaturated/α-hetero) is 1. The smallest absolute Gasteiger partial charge is 0.337 e. The van der Waals surface area contributed by atoms with Crippen molar-refractivity contribution >= 4 is 17.7 Å². The Labute approximate surface area is 150 Å². The largest absolute Gasteiger partial charge is 0.465 e. The van der Waals surface area contributed by atoms with E-state index >= 15 is 0 Å². The topological polar surface area (TPSA) is 113 Å². The second-order valence-corrected chi connectivity index (χ2v) is 6.49. The van der Waals surface area contributed by atoms with Gasteiger partial charge in [0.1, 0.15) is 12.4 Å². The van der Waals surface area contributed by atoms with Crippen LogP contribution in [0.1, 0.15) is 35.7 Å². The second kappa shape index (κ2) is 8.55. The van der Waals surface area contributed by atoms with Crippen molar-refractivity contribution in [2.45, 2.75) is 26.4 Å². The first kappa shape index (κ1) is 19.6. The second-order valence-electron chi connectivity index (χ2n) is 6.49. The van der Waals surface area contributed by atoms with Gasteiger partial charge in [-0.15, -0.1) is 0 Å². The third-order valence-corrected chi connectivity index (χ3v) is 4.71. The number of ether oxygens (including phenoxy) is 2. The molecule has 0 aromatic heterocycles. The standard InChI is InChI=1S/C18H21NO7/c1-11-7-16(20)14(15(11)9-19(23)24)8-17(21)26-10-12-3-5-13(6-4-12)18(22)25-2/h3-6,11,14-15H,7-10H2,1-2H3/t11-,14-,15-/m1/s1. The van der Waals surface area contributed by atoms with Crippen LogP contribution in [0.5, 0.6) is 0 Å². The highest BCUT2D eigenvalue weighted by atomic mass is 16.6. The molecule has 1 aliphatic rings. The average molecular weight is 363 g/mol. The summed E-state index contributed by atoms with van der Waals surface area (Å²) >= 11 is 0. The SMILES string of the molecule is COC(=O)c1ccc(COC(=O)C[C@H]2C(=O)C[C@@H](C)[C@H]2C[N+](=O)[O-])cc1. The first-order valence-electron chi connectivity index (χ1n) is 8.29. The van der Waals surface area contributed by atoms with Crippen LogP contribution < -0.4 is 0 Å². The van der Waals surface area contributed by atoms with E-state index < -0.39 is 28.7 Å². The minimum atomic E-state index is -0.662. The van der Waals surface area contributed by atoms with Crippen LogP contribution in [-0.2, 0) is 25.7 Å². The normalized spacial score (nSPS) is 22.1. The van der Waals surface area contributed by atoms with Crippen LogP contribution >= 0.6 is 0 Å². The van der Waals surface area contributed by atoms with E-state index in [0.717, 1.165) is 0 Å². The van der Waals surface area contributed by atoms with Crippen LogP contribution in [0, 0.1) is 27.9 Å². The Bertz CT molecular complexity index is 698. The van der Waals surface area contributed by atoms with Crippen LogP contribution in [0.4, 0.5) is 0 Å². The summed E-state index contributed by atoms with van der Waals surface area (Å²) in [6.45, 7) is 1.47. The fourth-order valence-corrected chi connectivity index (χ4v) is 3.26. The van der Waals surface area contributed by atoms with Gasteiger partial charge in [0.2, 0.25) is 6.54 Å². The van der Waals surface area contributed by atoms with E-state index in [0.29, 0.717) is 11.1 Å². The number of nitrogens with zero attached hydrogens (tertiary/aromatic N) is 1. The summed E-state index contributed by atoms with van der Waals surface area (Å²) < 4.78 is 9.78. The van der Waals surface area contributed by atoms with Crippen molar-refractivity contribution in [3.63, 3.8) is 0 Å². The molecule has 0 radical (unpaired) electrons. The molecule has 1 aromatic carbocycles. The van der Waals surface area contributed by atoms with Crippen LogP contribution in [0.2, 0.25) is 0 Å². The first-order chi connectivity index (χ1) is 12.3. The van der Waals surface area contributed by atoms with Gasteiger partial charge in [0.25, 0.3) is 0 Å². The molecule has 0 spiro atoms. The van der Waals surface area contributed by atoms with E-state index in [2.05, 4.69) is 4.74 Å². The van der Waals surface area contributed by atoms with Crippen molar-refractivity contribution in [2.75, 3.05) is 13.7 Å². The summed E-state index contributed by atoms with van der Waals surface area (Å²) in [5.74, 6) is -2.36. The molecule has 0 saturated heterocycles. The molecule has 0 bridgehead atoms. The summed E-state index contributed by atoms with van der Waals surface area (Å²) in [6.07, 6.45) is 0.105. The number of hydrogen-bond acceptors (Lipinski definition) is 7.